The Labute approximate surface area is 106 Å². The zero-order chi connectivity index (χ0) is 13.5. The van der Waals surface area contributed by atoms with Gasteiger partial charge in [-0.2, -0.15) is 0 Å². The standard InChI is InChI=1S/C14H28O3/c1-7-8-13(3,4)16-10-9-14(5,6)17-11-12(2)15/h7-11H2,1-6H3. The average molecular weight is 244 g/mol. The van der Waals surface area contributed by atoms with Gasteiger partial charge >= 0.3 is 0 Å². The molecule has 3 nitrogen and oxygen atoms in total. The van der Waals surface area contributed by atoms with Gasteiger partial charge in [-0.25, -0.2) is 0 Å². The first-order valence-electron chi connectivity index (χ1n) is 6.46. The van der Waals surface area contributed by atoms with Crippen molar-refractivity contribution in [3.63, 3.8) is 0 Å². The van der Waals surface area contributed by atoms with Crippen molar-refractivity contribution < 1.29 is 14.3 Å². The van der Waals surface area contributed by atoms with Crippen LogP contribution in [0.25, 0.3) is 0 Å². The average Bonchev–Trinajstić information content (AvgIpc) is 2.14. The van der Waals surface area contributed by atoms with Gasteiger partial charge in [0.25, 0.3) is 0 Å². The van der Waals surface area contributed by atoms with Gasteiger partial charge in [0, 0.05) is 0 Å². The second kappa shape index (κ2) is 7.12. The third-order valence-corrected chi connectivity index (χ3v) is 2.72. The van der Waals surface area contributed by atoms with E-state index in [0.29, 0.717) is 6.61 Å². The molecule has 0 spiro atoms. The zero-order valence-electron chi connectivity index (χ0n) is 12.3. The Bertz CT molecular complexity index is 232. The van der Waals surface area contributed by atoms with Crippen LogP contribution in [0.5, 0.6) is 0 Å². The number of rotatable bonds is 9. The topological polar surface area (TPSA) is 35.5 Å². The van der Waals surface area contributed by atoms with Gasteiger partial charge in [-0.05, 0) is 47.5 Å². The lowest BCUT2D eigenvalue weighted by atomic mass is 10.0. The van der Waals surface area contributed by atoms with E-state index in [2.05, 4.69) is 20.8 Å². The predicted molar refractivity (Wildman–Crippen MR) is 70.3 cm³/mol. The van der Waals surface area contributed by atoms with Gasteiger partial charge in [-0.15, -0.1) is 0 Å². The molecule has 0 amide bonds. The molecule has 0 rings (SSSR count). The van der Waals surface area contributed by atoms with E-state index in [1.807, 2.05) is 13.8 Å². The Hall–Kier alpha value is -0.410. The molecule has 0 aromatic heterocycles. The molecule has 0 aromatic carbocycles. The molecular formula is C14H28O3. The molecule has 3 heteroatoms. The molecule has 0 unspecified atom stereocenters. The number of carbonyl (C=O) groups is 1. The summed E-state index contributed by atoms with van der Waals surface area (Å²) in [5.74, 6) is 0.0605. The van der Waals surface area contributed by atoms with Gasteiger partial charge in [-0.1, -0.05) is 13.3 Å². The predicted octanol–water partition coefficient (Wildman–Crippen LogP) is 3.36. The van der Waals surface area contributed by atoms with Crippen LogP contribution in [0.2, 0.25) is 0 Å². The molecule has 0 fully saturated rings. The monoisotopic (exact) mass is 244 g/mol. The summed E-state index contributed by atoms with van der Waals surface area (Å²) >= 11 is 0. The molecule has 0 aliphatic heterocycles. The fourth-order valence-electron chi connectivity index (χ4n) is 1.62. The lowest BCUT2D eigenvalue weighted by Crippen LogP contribution is -2.31. The van der Waals surface area contributed by atoms with Crippen molar-refractivity contribution in [1.82, 2.24) is 0 Å². The molecule has 0 atom stereocenters. The highest BCUT2D eigenvalue weighted by molar-refractivity contribution is 5.76. The normalized spacial score (nSPS) is 12.8. The van der Waals surface area contributed by atoms with Crippen molar-refractivity contribution >= 4 is 5.78 Å². The van der Waals surface area contributed by atoms with Crippen LogP contribution in [-0.4, -0.2) is 30.2 Å². The lowest BCUT2D eigenvalue weighted by Gasteiger charge is -2.29. The van der Waals surface area contributed by atoms with Crippen LogP contribution in [0, 0.1) is 0 Å². The fraction of sp³-hybridized carbons (Fsp3) is 0.929. The molecule has 0 saturated heterocycles. The number of ether oxygens (including phenoxy) is 2. The van der Waals surface area contributed by atoms with Crippen LogP contribution in [0.15, 0.2) is 0 Å². The Kier molecular flexibility index (Phi) is 6.95. The number of hydrogen-bond donors (Lipinski definition) is 0. The number of Topliss-reactive ketones (excluding diaryl/α,β-unsaturated/α-hetero) is 1. The van der Waals surface area contributed by atoms with Gasteiger partial charge in [0.2, 0.25) is 0 Å². The van der Waals surface area contributed by atoms with E-state index < -0.39 is 0 Å². The van der Waals surface area contributed by atoms with Crippen LogP contribution in [0.1, 0.15) is 60.8 Å². The van der Waals surface area contributed by atoms with Gasteiger partial charge < -0.3 is 9.47 Å². The van der Waals surface area contributed by atoms with E-state index in [4.69, 9.17) is 9.47 Å². The van der Waals surface area contributed by atoms with Gasteiger partial charge in [0.1, 0.15) is 6.61 Å². The van der Waals surface area contributed by atoms with E-state index in [1.165, 1.54) is 6.92 Å². The Morgan fingerprint density at radius 3 is 2.00 bits per heavy atom. The molecule has 17 heavy (non-hydrogen) atoms. The van der Waals surface area contributed by atoms with Crippen molar-refractivity contribution in [3.05, 3.63) is 0 Å². The maximum atomic E-state index is 10.9. The highest BCUT2D eigenvalue weighted by atomic mass is 16.5. The summed E-state index contributed by atoms with van der Waals surface area (Å²) < 4.78 is 11.4. The molecule has 0 aromatic rings. The maximum absolute atomic E-state index is 10.9. The van der Waals surface area contributed by atoms with E-state index in [9.17, 15) is 4.79 Å². The molecule has 0 N–H and O–H groups in total. The maximum Gasteiger partial charge on any atom is 0.155 e. The summed E-state index contributed by atoms with van der Waals surface area (Å²) in [5.41, 5.74) is -0.362. The summed E-state index contributed by atoms with van der Waals surface area (Å²) in [6, 6.07) is 0. The molecule has 0 bridgehead atoms. The quantitative estimate of drug-likeness (QED) is 0.624. The van der Waals surface area contributed by atoms with Crippen molar-refractivity contribution in [2.45, 2.75) is 72.0 Å². The Morgan fingerprint density at radius 1 is 1.00 bits per heavy atom. The molecular weight excluding hydrogens is 216 g/mol. The lowest BCUT2D eigenvalue weighted by molar-refractivity contribution is -0.129. The summed E-state index contributed by atoms with van der Waals surface area (Å²) in [7, 11) is 0. The van der Waals surface area contributed by atoms with Gasteiger partial charge in [0.05, 0.1) is 17.8 Å². The van der Waals surface area contributed by atoms with Crippen LogP contribution >= 0.6 is 0 Å². The first-order chi connectivity index (χ1) is 7.68. The third kappa shape index (κ3) is 9.31. The number of ketones is 1. The van der Waals surface area contributed by atoms with Crippen LogP contribution < -0.4 is 0 Å². The largest absolute Gasteiger partial charge is 0.375 e. The summed E-state index contributed by atoms with van der Waals surface area (Å²) in [4.78, 5) is 10.9. The Morgan fingerprint density at radius 2 is 1.53 bits per heavy atom. The molecule has 0 saturated carbocycles. The van der Waals surface area contributed by atoms with Gasteiger partial charge in [0.15, 0.2) is 5.78 Å². The van der Waals surface area contributed by atoms with E-state index >= 15 is 0 Å². The summed E-state index contributed by atoms with van der Waals surface area (Å²) in [6.07, 6.45) is 2.98. The molecule has 0 radical (unpaired) electrons. The zero-order valence-corrected chi connectivity index (χ0v) is 12.3. The molecule has 102 valence electrons. The van der Waals surface area contributed by atoms with Crippen LogP contribution in [-0.2, 0) is 14.3 Å². The number of hydrogen-bond acceptors (Lipinski definition) is 3. The van der Waals surface area contributed by atoms with E-state index in [1.54, 1.807) is 0 Å². The minimum absolute atomic E-state index is 0.0605. The minimum atomic E-state index is -0.298. The molecule has 0 aliphatic rings. The molecule has 0 aliphatic carbocycles. The number of carbonyl (C=O) groups excluding carboxylic acids is 1. The van der Waals surface area contributed by atoms with E-state index in [-0.39, 0.29) is 23.6 Å². The second-order valence-corrected chi connectivity index (χ2v) is 5.86. The summed E-state index contributed by atoms with van der Waals surface area (Å²) in [5, 5.41) is 0. The van der Waals surface area contributed by atoms with Crippen LogP contribution in [0.4, 0.5) is 0 Å². The second-order valence-electron chi connectivity index (χ2n) is 5.86. The first kappa shape index (κ1) is 16.6. The highest BCUT2D eigenvalue weighted by Gasteiger charge is 2.22. The third-order valence-electron chi connectivity index (χ3n) is 2.72. The molecule has 0 heterocycles. The smallest absolute Gasteiger partial charge is 0.155 e. The van der Waals surface area contributed by atoms with Crippen molar-refractivity contribution in [3.8, 4) is 0 Å². The van der Waals surface area contributed by atoms with Crippen LogP contribution in [0.3, 0.4) is 0 Å². The van der Waals surface area contributed by atoms with Crippen molar-refractivity contribution in [1.29, 1.82) is 0 Å². The van der Waals surface area contributed by atoms with E-state index in [0.717, 1.165) is 19.3 Å². The minimum Gasteiger partial charge on any atom is -0.375 e. The SMILES string of the molecule is CCCC(C)(C)OCCC(C)(C)OCC(C)=O. The van der Waals surface area contributed by atoms with Crippen molar-refractivity contribution in [2.24, 2.45) is 0 Å². The first-order valence-corrected chi connectivity index (χ1v) is 6.46. The Balaban J connectivity index is 3.89. The fourth-order valence-corrected chi connectivity index (χ4v) is 1.62. The van der Waals surface area contributed by atoms with Gasteiger partial charge in [-0.3, -0.25) is 4.79 Å². The summed E-state index contributed by atoms with van der Waals surface area (Å²) in [6.45, 7) is 12.8. The highest BCUT2D eigenvalue weighted by Crippen LogP contribution is 2.20. The van der Waals surface area contributed by atoms with Crippen molar-refractivity contribution in [2.75, 3.05) is 13.2 Å².